The molecule has 0 aliphatic heterocycles. The van der Waals surface area contributed by atoms with E-state index < -0.39 is 17.6 Å². The van der Waals surface area contributed by atoms with Crippen molar-refractivity contribution in [3.05, 3.63) is 94.2 Å². The Hall–Kier alpha value is -4.44. The van der Waals surface area contributed by atoms with Gasteiger partial charge in [-0.15, -0.1) is 0 Å². The summed E-state index contributed by atoms with van der Waals surface area (Å²) >= 11 is 3.44. The highest BCUT2D eigenvalue weighted by molar-refractivity contribution is 9.10. The number of benzene rings is 4. The number of hydrogen-bond acceptors (Lipinski definition) is 6. The molecule has 3 N–H and O–H groups in total. The van der Waals surface area contributed by atoms with Crippen molar-refractivity contribution in [1.82, 2.24) is 5.43 Å². The molecule has 0 aliphatic carbocycles. The number of ether oxygens (including phenoxy) is 2. The number of phenolic OH excluding ortho intramolecular Hbond substituents is 1. The Morgan fingerprint density at radius 1 is 1.00 bits per heavy atom. The number of anilines is 1. The molecular weight excluding hydrogens is 557 g/mol. The molecule has 0 radical (unpaired) electrons. The van der Waals surface area contributed by atoms with E-state index in [0.717, 1.165) is 10.8 Å². The standard InChI is InChI=1S/C28H23BrFN3O5/c1-2-37-25-13-19(15-31-33-28(36)22-11-17-5-3-4-6-18(17)12-24(22)34)23(29)14-26(25)38-16-27(35)32-21-9-7-20(30)8-10-21/h3-15,34H,2,16H2,1H3,(H,32,35)(H,33,36). The van der Waals surface area contributed by atoms with Crippen molar-refractivity contribution in [2.45, 2.75) is 6.92 Å². The minimum absolute atomic E-state index is 0.0950. The summed E-state index contributed by atoms with van der Waals surface area (Å²) in [5.74, 6) is -0.875. The van der Waals surface area contributed by atoms with Crippen LogP contribution in [0, 0.1) is 5.82 Å². The van der Waals surface area contributed by atoms with Crippen LogP contribution in [0.1, 0.15) is 22.8 Å². The summed E-state index contributed by atoms with van der Waals surface area (Å²) < 4.78 is 24.9. The van der Waals surface area contributed by atoms with Gasteiger partial charge in [0.2, 0.25) is 0 Å². The van der Waals surface area contributed by atoms with E-state index in [2.05, 4.69) is 31.8 Å². The lowest BCUT2D eigenvalue weighted by Crippen LogP contribution is -2.20. The molecule has 0 heterocycles. The minimum atomic E-state index is -0.572. The summed E-state index contributed by atoms with van der Waals surface area (Å²) in [6.07, 6.45) is 1.41. The lowest BCUT2D eigenvalue weighted by atomic mass is 10.1. The summed E-state index contributed by atoms with van der Waals surface area (Å²) in [6.45, 7) is 1.84. The van der Waals surface area contributed by atoms with Gasteiger partial charge in [-0.3, -0.25) is 9.59 Å². The summed E-state index contributed by atoms with van der Waals surface area (Å²) in [4.78, 5) is 24.9. The molecule has 8 nitrogen and oxygen atoms in total. The molecule has 0 saturated heterocycles. The van der Waals surface area contributed by atoms with Gasteiger partial charge >= 0.3 is 0 Å². The van der Waals surface area contributed by atoms with Crippen LogP contribution in [0.3, 0.4) is 0 Å². The molecule has 0 aromatic heterocycles. The second kappa shape index (κ2) is 12.2. The van der Waals surface area contributed by atoms with Crippen molar-refractivity contribution in [3.8, 4) is 17.2 Å². The number of hydrogen-bond donors (Lipinski definition) is 3. The van der Waals surface area contributed by atoms with Crippen LogP contribution in [-0.4, -0.2) is 36.3 Å². The largest absolute Gasteiger partial charge is 0.507 e. The van der Waals surface area contributed by atoms with Gasteiger partial charge in [-0.25, -0.2) is 9.82 Å². The van der Waals surface area contributed by atoms with Crippen molar-refractivity contribution in [2.24, 2.45) is 5.10 Å². The van der Waals surface area contributed by atoms with Gasteiger partial charge in [0.15, 0.2) is 18.1 Å². The number of nitrogens with zero attached hydrogens (tertiary/aromatic N) is 1. The van der Waals surface area contributed by atoms with Crippen molar-refractivity contribution in [2.75, 3.05) is 18.5 Å². The lowest BCUT2D eigenvalue weighted by Gasteiger charge is -2.14. The van der Waals surface area contributed by atoms with Gasteiger partial charge in [0, 0.05) is 15.7 Å². The van der Waals surface area contributed by atoms with Crippen molar-refractivity contribution >= 4 is 50.4 Å². The first-order valence-corrected chi connectivity index (χ1v) is 12.3. The summed E-state index contributed by atoms with van der Waals surface area (Å²) in [5.41, 5.74) is 3.52. The molecule has 0 atom stereocenters. The van der Waals surface area contributed by atoms with E-state index in [9.17, 15) is 19.1 Å². The van der Waals surface area contributed by atoms with Crippen LogP contribution in [-0.2, 0) is 4.79 Å². The van der Waals surface area contributed by atoms with Gasteiger partial charge in [0.1, 0.15) is 11.6 Å². The van der Waals surface area contributed by atoms with E-state index in [1.807, 2.05) is 24.3 Å². The maximum absolute atomic E-state index is 13.0. The molecule has 4 rings (SSSR count). The molecule has 0 fully saturated rings. The van der Waals surface area contributed by atoms with E-state index in [-0.39, 0.29) is 17.9 Å². The predicted molar refractivity (Wildman–Crippen MR) is 147 cm³/mol. The number of nitrogens with one attached hydrogen (secondary N) is 2. The third kappa shape index (κ3) is 6.65. The maximum Gasteiger partial charge on any atom is 0.275 e. The molecule has 0 bridgehead atoms. The summed E-state index contributed by atoms with van der Waals surface area (Å²) in [5, 5.41) is 18.5. The zero-order valence-corrected chi connectivity index (χ0v) is 21.8. The quantitative estimate of drug-likeness (QED) is 0.176. The monoisotopic (exact) mass is 579 g/mol. The fourth-order valence-corrected chi connectivity index (χ4v) is 3.96. The number of carbonyl (C=O) groups is 2. The van der Waals surface area contributed by atoms with Crippen LogP contribution in [0.2, 0.25) is 0 Å². The Morgan fingerprint density at radius 2 is 1.68 bits per heavy atom. The van der Waals surface area contributed by atoms with Gasteiger partial charge in [-0.2, -0.15) is 5.10 Å². The third-order valence-corrected chi connectivity index (χ3v) is 6.01. The molecule has 4 aromatic rings. The molecule has 0 aliphatic rings. The van der Waals surface area contributed by atoms with Crippen molar-refractivity contribution in [1.29, 1.82) is 0 Å². The highest BCUT2D eigenvalue weighted by atomic mass is 79.9. The number of fused-ring (bicyclic) bond motifs is 1. The first kappa shape index (κ1) is 26.6. The number of phenols is 1. The van der Waals surface area contributed by atoms with Crippen LogP contribution in [0.15, 0.2) is 82.4 Å². The van der Waals surface area contributed by atoms with Crippen LogP contribution < -0.4 is 20.2 Å². The first-order valence-electron chi connectivity index (χ1n) is 11.5. The maximum atomic E-state index is 13.0. The van der Waals surface area contributed by atoms with Crippen molar-refractivity contribution < 1.29 is 28.6 Å². The summed E-state index contributed by atoms with van der Waals surface area (Å²) in [7, 11) is 0. The molecule has 2 amide bonds. The van der Waals surface area contributed by atoms with E-state index in [0.29, 0.717) is 33.8 Å². The van der Waals surface area contributed by atoms with Gasteiger partial charge in [-0.05, 0) is 82.2 Å². The smallest absolute Gasteiger partial charge is 0.275 e. The number of amides is 2. The van der Waals surface area contributed by atoms with E-state index >= 15 is 0 Å². The Bertz CT molecular complexity index is 1510. The highest BCUT2D eigenvalue weighted by Gasteiger charge is 2.14. The minimum Gasteiger partial charge on any atom is -0.507 e. The Morgan fingerprint density at radius 3 is 2.39 bits per heavy atom. The molecule has 10 heteroatoms. The predicted octanol–water partition coefficient (Wildman–Crippen LogP) is 5.63. The number of hydrazone groups is 1. The topological polar surface area (TPSA) is 109 Å². The summed E-state index contributed by atoms with van der Waals surface area (Å²) in [6, 6.07) is 19.1. The highest BCUT2D eigenvalue weighted by Crippen LogP contribution is 2.33. The lowest BCUT2D eigenvalue weighted by molar-refractivity contribution is -0.118. The fraction of sp³-hybridized carbons (Fsp3) is 0.107. The zero-order chi connectivity index (χ0) is 27.1. The Labute approximate surface area is 226 Å². The Kier molecular flexibility index (Phi) is 8.55. The van der Waals surface area contributed by atoms with Gasteiger partial charge < -0.3 is 19.9 Å². The third-order valence-electron chi connectivity index (χ3n) is 5.33. The first-order chi connectivity index (χ1) is 18.3. The van der Waals surface area contributed by atoms with Gasteiger partial charge in [-0.1, -0.05) is 24.3 Å². The number of carbonyl (C=O) groups excluding carboxylic acids is 2. The molecule has 0 saturated carbocycles. The van der Waals surface area contributed by atoms with E-state index in [1.54, 1.807) is 25.1 Å². The normalized spacial score (nSPS) is 10.9. The van der Waals surface area contributed by atoms with E-state index in [4.69, 9.17) is 9.47 Å². The number of rotatable bonds is 9. The Balaban J connectivity index is 1.43. The molecular formula is C28H23BrFN3O5. The molecule has 38 heavy (non-hydrogen) atoms. The van der Waals surface area contributed by atoms with Crippen molar-refractivity contribution in [3.63, 3.8) is 0 Å². The SMILES string of the molecule is CCOc1cc(C=NNC(=O)c2cc3ccccc3cc2O)c(Br)cc1OCC(=O)Nc1ccc(F)cc1. The van der Waals surface area contributed by atoms with Crippen LogP contribution in [0.4, 0.5) is 10.1 Å². The van der Waals surface area contributed by atoms with Crippen LogP contribution in [0.5, 0.6) is 17.2 Å². The molecule has 0 spiro atoms. The molecule has 194 valence electrons. The van der Waals surface area contributed by atoms with Gasteiger partial charge in [0.05, 0.1) is 18.4 Å². The molecule has 4 aromatic carbocycles. The van der Waals surface area contributed by atoms with Crippen LogP contribution in [0.25, 0.3) is 10.8 Å². The van der Waals surface area contributed by atoms with Crippen LogP contribution >= 0.6 is 15.9 Å². The van der Waals surface area contributed by atoms with E-state index in [1.165, 1.54) is 36.5 Å². The average Bonchev–Trinajstić information content (AvgIpc) is 2.90. The number of aromatic hydroxyl groups is 1. The zero-order valence-electron chi connectivity index (χ0n) is 20.2. The second-order valence-corrected chi connectivity index (χ2v) is 8.87. The number of halogens is 2. The second-order valence-electron chi connectivity index (χ2n) is 8.01. The van der Waals surface area contributed by atoms with Gasteiger partial charge in [0.25, 0.3) is 11.8 Å². The molecule has 0 unspecified atom stereocenters. The average molecular weight is 580 g/mol. The fourth-order valence-electron chi connectivity index (χ4n) is 3.54.